The molecule has 0 saturated carbocycles. The third-order valence-electron chi connectivity index (χ3n) is 2.86. The predicted molar refractivity (Wildman–Crippen MR) is 68.8 cm³/mol. The molecule has 0 bridgehead atoms. The number of nitriles is 1. The highest BCUT2D eigenvalue weighted by atomic mass is 16.4. The van der Waals surface area contributed by atoms with Crippen molar-refractivity contribution < 1.29 is 9.52 Å². The number of aliphatic hydroxyl groups excluding tert-OH is 1. The van der Waals surface area contributed by atoms with Crippen LogP contribution >= 0.6 is 0 Å². The van der Waals surface area contributed by atoms with Crippen molar-refractivity contribution in [2.45, 2.75) is 6.10 Å². The standard InChI is InChI=1S/C14H10N4O2/c15-8-10-3-5-11(6-4-10)18-9-12(16-17-18)14(19)13-2-1-7-20-13/h1-7,9,14,19H/t14-/m0/s1. The maximum Gasteiger partial charge on any atom is 0.157 e. The number of rotatable bonds is 3. The Bertz CT molecular complexity index is 738. The normalized spacial score (nSPS) is 12.0. The Hall–Kier alpha value is -2.91. The molecule has 0 saturated heterocycles. The van der Waals surface area contributed by atoms with Gasteiger partial charge in [0.25, 0.3) is 0 Å². The van der Waals surface area contributed by atoms with Crippen LogP contribution in [0.1, 0.15) is 23.1 Å². The van der Waals surface area contributed by atoms with Crippen molar-refractivity contribution in [3.63, 3.8) is 0 Å². The van der Waals surface area contributed by atoms with E-state index in [1.807, 2.05) is 6.07 Å². The molecule has 0 aliphatic carbocycles. The monoisotopic (exact) mass is 266 g/mol. The SMILES string of the molecule is N#Cc1ccc(-n2cc([C@H](O)c3ccco3)nn2)cc1. The van der Waals surface area contributed by atoms with Crippen LogP contribution in [0.25, 0.3) is 5.69 Å². The zero-order valence-electron chi connectivity index (χ0n) is 10.3. The molecular formula is C14H10N4O2. The van der Waals surface area contributed by atoms with E-state index in [2.05, 4.69) is 10.3 Å². The van der Waals surface area contributed by atoms with Gasteiger partial charge in [-0.25, -0.2) is 4.68 Å². The van der Waals surface area contributed by atoms with Crippen molar-refractivity contribution in [2.24, 2.45) is 0 Å². The average Bonchev–Trinajstić information content (AvgIpc) is 3.18. The lowest BCUT2D eigenvalue weighted by Crippen LogP contribution is -1.98. The topological polar surface area (TPSA) is 87.9 Å². The number of aromatic nitrogens is 3. The summed E-state index contributed by atoms with van der Waals surface area (Å²) in [5.74, 6) is 0.414. The van der Waals surface area contributed by atoms with Crippen molar-refractivity contribution in [3.05, 3.63) is 65.9 Å². The zero-order chi connectivity index (χ0) is 13.9. The maximum absolute atomic E-state index is 10.1. The van der Waals surface area contributed by atoms with E-state index in [4.69, 9.17) is 9.68 Å². The number of nitrogens with zero attached hydrogens (tertiary/aromatic N) is 4. The molecule has 98 valence electrons. The zero-order valence-corrected chi connectivity index (χ0v) is 10.3. The van der Waals surface area contributed by atoms with Gasteiger partial charge in [0.2, 0.25) is 0 Å². The molecule has 0 unspecified atom stereocenters. The third kappa shape index (κ3) is 2.18. The van der Waals surface area contributed by atoms with Gasteiger partial charge in [0, 0.05) is 0 Å². The molecule has 0 aliphatic rings. The van der Waals surface area contributed by atoms with Crippen molar-refractivity contribution in [1.29, 1.82) is 5.26 Å². The lowest BCUT2D eigenvalue weighted by Gasteiger charge is -2.02. The summed E-state index contributed by atoms with van der Waals surface area (Å²) in [7, 11) is 0. The van der Waals surface area contributed by atoms with Crippen LogP contribution in [0, 0.1) is 11.3 Å². The highest BCUT2D eigenvalue weighted by molar-refractivity contribution is 5.38. The van der Waals surface area contributed by atoms with Gasteiger partial charge >= 0.3 is 0 Å². The van der Waals surface area contributed by atoms with Gasteiger partial charge in [0.1, 0.15) is 11.5 Å². The molecule has 0 amide bonds. The minimum atomic E-state index is -0.947. The number of hydrogen-bond acceptors (Lipinski definition) is 5. The van der Waals surface area contributed by atoms with Crippen LogP contribution in [0.5, 0.6) is 0 Å². The van der Waals surface area contributed by atoms with E-state index in [-0.39, 0.29) is 0 Å². The van der Waals surface area contributed by atoms with E-state index < -0.39 is 6.10 Å². The molecular weight excluding hydrogens is 256 g/mol. The van der Waals surface area contributed by atoms with E-state index in [9.17, 15) is 5.11 Å². The first kappa shape index (κ1) is 12.1. The van der Waals surface area contributed by atoms with Gasteiger partial charge in [-0.05, 0) is 36.4 Å². The van der Waals surface area contributed by atoms with Crippen LogP contribution in [0.15, 0.2) is 53.3 Å². The quantitative estimate of drug-likeness (QED) is 0.781. The molecule has 0 aliphatic heterocycles. The van der Waals surface area contributed by atoms with E-state index in [1.165, 1.54) is 10.9 Å². The van der Waals surface area contributed by atoms with Crippen molar-refractivity contribution >= 4 is 0 Å². The first-order valence-electron chi connectivity index (χ1n) is 5.92. The highest BCUT2D eigenvalue weighted by Crippen LogP contribution is 2.20. The van der Waals surface area contributed by atoms with Gasteiger partial charge in [-0.2, -0.15) is 5.26 Å². The summed E-state index contributed by atoms with van der Waals surface area (Å²) >= 11 is 0. The second-order valence-corrected chi connectivity index (χ2v) is 4.16. The Balaban J connectivity index is 1.88. The van der Waals surface area contributed by atoms with Gasteiger partial charge in [0.05, 0.1) is 29.8 Å². The maximum atomic E-state index is 10.1. The van der Waals surface area contributed by atoms with Gasteiger partial charge in [0.15, 0.2) is 6.10 Å². The molecule has 1 atom stereocenters. The van der Waals surface area contributed by atoms with Gasteiger partial charge < -0.3 is 9.52 Å². The highest BCUT2D eigenvalue weighted by Gasteiger charge is 2.17. The van der Waals surface area contributed by atoms with Crippen LogP contribution in [-0.4, -0.2) is 20.1 Å². The first-order valence-corrected chi connectivity index (χ1v) is 5.92. The molecule has 1 N–H and O–H groups in total. The number of furan rings is 1. The van der Waals surface area contributed by atoms with Crippen molar-refractivity contribution in [2.75, 3.05) is 0 Å². The number of aliphatic hydroxyl groups is 1. The minimum Gasteiger partial charge on any atom is -0.466 e. The van der Waals surface area contributed by atoms with Crippen LogP contribution in [0.3, 0.4) is 0 Å². The third-order valence-corrected chi connectivity index (χ3v) is 2.86. The molecule has 0 fully saturated rings. The average molecular weight is 266 g/mol. The van der Waals surface area contributed by atoms with E-state index in [0.717, 1.165) is 5.69 Å². The summed E-state index contributed by atoms with van der Waals surface area (Å²) in [5.41, 5.74) is 1.73. The Labute approximate surface area is 114 Å². The predicted octanol–water partition coefficient (Wildman–Crippen LogP) is 1.81. The molecule has 2 heterocycles. The van der Waals surface area contributed by atoms with Crippen molar-refractivity contribution in [3.8, 4) is 11.8 Å². The molecule has 6 heteroatoms. The largest absolute Gasteiger partial charge is 0.466 e. The lowest BCUT2D eigenvalue weighted by atomic mass is 10.2. The van der Waals surface area contributed by atoms with Gasteiger partial charge in [-0.3, -0.25) is 0 Å². The molecule has 20 heavy (non-hydrogen) atoms. The molecule has 0 spiro atoms. The Kier molecular flexibility index (Phi) is 3.03. The second kappa shape index (κ2) is 4.99. The molecule has 0 radical (unpaired) electrons. The summed E-state index contributed by atoms with van der Waals surface area (Å²) < 4.78 is 6.66. The van der Waals surface area contributed by atoms with E-state index in [1.54, 1.807) is 42.6 Å². The summed E-state index contributed by atoms with van der Waals surface area (Å²) in [5, 5.41) is 26.7. The summed E-state index contributed by atoms with van der Waals surface area (Å²) in [6, 6.07) is 12.3. The smallest absolute Gasteiger partial charge is 0.157 e. The molecule has 6 nitrogen and oxygen atoms in total. The van der Waals surface area contributed by atoms with E-state index in [0.29, 0.717) is 17.0 Å². The van der Waals surface area contributed by atoms with E-state index >= 15 is 0 Å². The molecule has 1 aromatic carbocycles. The fraction of sp³-hybridized carbons (Fsp3) is 0.0714. The second-order valence-electron chi connectivity index (χ2n) is 4.16. The minimum absolute atomic E-state index is 0.393. The Morgan fingerprint density at radius 3 is 2.70 bits per heavy atom. The molecule has 3 rings (SSSR count). The lowest BCUT2D eigenvalue weighted by molar-refractivity contribution is 0.184. The van der Waals surface area contributed by atoms with Crippen molar-refractivity contribution in [1.82, 2.24) is 15.0 Å². The first-order chi connectivity index (χ1) is 9.78. The fourth-order valence-electron chi connectivity index (χ4n) is 1.81. The fourth-order valence-corrected chi connectivity index (χ4v) is 1.81. The molecule has 3 aromatic rings. The summed E-state index contributed by atoms with van der Waals surface area (Å²) in [6.07, 6.45) is 2.16. The number of benzene rings is 1. The van der Waals surface area contributed by atoms with Crippen LogP contribution in [0.2, 0.25) is 0 Å². The summed E-state index contributed by atoms with van der Waals surface area (Å²) in [6.45, 7) is 0. The van der Waals surface area contributed by atoms with Gasteiger partial charge in [-0.1, -0.05) is 5.21 Å². The van der Waals surface area contributed by atoms with Crippen LogP contribution in [-0.2, 0) is 0 Å². The van der Waals surface area contributed by atoms with Gasteiger partial charge in [-0.15, -0.1) is 5.10 Å². The summed E-state index contributed by atoms with van der Waals surface area (Å²) in [4.78, 5) is 0. The van der Waals surface area contributed by atoms with Crippen LogP contribution in [0.4, 0.5) is 0 Å². The Morgan fingerprint density at radius 2 is 2.05 bits per heavy atom. The Morgan fingerprint density at radius 1 is 1.25 bits per heavy atom. The van der Waals surface area contributed by atoms with Crippen LogP contribution < -0.4 is 0 Å². The molecule has 2 aromatic heterocycles. The number of hydrogen-bond donors (Lipinski definition) is 1.